The van der Waals surface area contributed by atoms with Gasteiger partial charge in [-0.1, -0.05) is 49.4 Å². The summed E-state index contributed by atoms with van der Waals surface area (Å²) in [6.07, 6.45) is 3.28. The molecule has 0 amide bonds. The van der Waals surface area contributed by atoms with Gasteiger partial charge in [0.15, 0.2) is 18.4 Å². The van der Waals surface area contributed by atoms with E-state index in [-0.39, 0.29) is 0 Å². The summed E-state index contributed by atoms with van der Waals surface area (Å²) in [6.45, 7) is 5.17. The molecule has 2 heteroatoms. The lowest BCUT2D eigenvalue weighted by atomic mass is 9.99. The van der Waals surface area contributed by atoms with Crippen LogP contribution in [-0.4, -0.2) is 0 Å². The molecule has 0 aliphatic carbocycles. The van der Waals surface area contributed by atoms with Crippen LogP contribution in [0.3, 0.4) is 0 Å². The van der Waals surface area contributed by atoms with E-state index in [0.29, 0.717) is 5.56 Å². The largest absolute Gasteiger partial charge is 0.198 e. The summed E-state index contributed by atoms with van der Waals surface area (Å²) in [6, 6.07) is 22.9. The number of hydrogen-bond acceptors (Lipinski definition) is 1. The monoisotopic (exact) mass is 313 g/mol. The first-order valence-corrected chi connectivity index (χ1v) is 8.28. The molecule has 0 atom stereocenters. The van der Waals surface area contributed by atoms with E-state index in [9.17, 15) is 5.26 Å². The number of benzene rings is 2. The molecule has 0 fully saturated rings. The van der Waals surface area contributed by atoms with Crippen LogP contribution in [0.25, 0.3) is 11.1 Å². The Kier molecular flexibility index (Phi) is 4.72. The molecule has 2 aromatic carbocycles. The molecule has 3 aromatic rings. The molecule has 0 aliphatic heterocycles. The third-order valence-electron chi connectivity index (χ3n) is 4.39. The van der Waals surface area contributed by atoms with Gasteiger partial charge >= 0.3 is 0 Å². The summed E-state index contributed by atoms with van der Waals surface area (Å²) in [5, 5.41) is 9.26. The van der Waals surface area contributed by atoms with Crippen molar-refractivity contribution in [2.24, 2.45) is 0 Å². The lowest BCUT2D eigenvalue weighted by Gasteiger charge is -2.06. The topological polar surface area (TPSA) is 27.7 Å². The molecule has 3 rings (SSSR count). The normalized spacial score (nSPS) is 10.4. The van der Waals surface area contributed by atoms with Crippen molar-refractivity contribution in [2.45, 2.75) is 26.8 Å². The number of aryl methyl sites for hydroxylation is 2. The fourth-order valence-corrected chi connectivity index (χ4v) is 2.87. The summed E-state index contributed by atoms with van der Waals surface area (Å²) < 4.78 is 2.29. The minimum Gasteiger partial charge on any atom is -0.198 e. The molecule has 0 spiro atoms. The van der Waals surface area contributed by atoms with E-state index < -0.39 is 0 Å². The van der Waals surface area contributed by atoms with Crippen molar-refractivity contribution in [2.75, 3.05) is 0 Å². The number of aromatic nitrogens is 1. The zero-order valence-electron chi connectivity index (χ0n) is 14.2. The van der Waals surface area contributed by atoms with Crippen LogP contribution < -0.4 is 4.57 Å². The minimum absolute atomic E-state index is 0.714. The first kappa shape index (κ1) is 16.0. The van der Waals surface area contributed by atoms with Crippen molar-refractivity contribution >= 4 is 0 Å². The minimum atomic E-state index is 0.714. The van der Waals surface area contributed by atoms with Crippen molar-refractivity contribution in [3.05, 3.63) is 89.2 Å². The van der Waals surface area contributed by atoms with Crippen LogP contribution in [0.15, 0.2) is 66.9 Å². The van der Waals surface area contributed by atoms with E-state index >= 15 is 0 Å². The van der Waals surface area contributed by atoms with Crippen molar-refractivity contribution in [1.82, 2.24) is 0 Å². The Hall–Kier alpha value is -2.92. The summed E-state index contributed by atoms with van der Waals surface area (Å²) in [4.78, 5) is 0. The second-order valence-electron chi connectivity index (χ2n) is 6.01. The first-order chi connectivity index (χ1) is 11.7. The van der Waals surface area contributed by atoms with E-state index in [1.165, 1.54) is 16.8 Å². The molecule has 2 nitrogen and oxygen atoms in total. The third-order valence-corrected chi connectivity index (χ3v) is 4.39. The van der Waals surface area contributed by atoms with Gasteiger partial charge in [-0.25, -0.2) is 0 Å². The van der Waals surface area contributed by atoms with Crippen LogP contribution >= 0.6 is 0 Å². The van der Waals surface area contributed by atoms with Crippen molar-refractivity contribution in [3.8, 4) is 17.2 Å². The van der Waals surface area contributed by atoms with Crippen LogP contribution in [0.2, 0.25) is 0 Å². The Morgan fingerprint density at radius 3 is 2.33 bits per heavy atom. The van der Waals surface area contributed by atoms with Gasteiger partial charge in [0.2, 0.25) is 0 Å². The maximum atomic E-state index is 9.26. The average Bonchev–Trinajstić information content (AvgIpc) is 2.64. The highest BCUT2D eigenvalue weighted by Crippen LogP contribution is 2.23. The average molecular weight is 313 g/mol. The van der Waals surface area contributed by atoms with Gasteiger partial charge in [-0.3, -0.25) is 0 Å². The molecule has 24 heavy (non-hydrogen) atoms. The number of pyridine rings is 1. The molecule has 0 radical (unpaired) electrons. The molecule has 0 N–H and O–H groups in total. The lowest BCUT2D eigenvalue weighted by Crippen LogP contribution is -2.37. The van der Waals surface area contributed by atoms with Crippen LogP contribution in [0.1, 0.15) is 29.3 Å². The van der Waals surface area contributed by atoms with Crippen molar-refractivity contribution in [1.29, 1.82) is 5.26 Å². The molecule has 0 aliphatic rings. The summed E-state index contributed by atoms with van der Waals surface area (Å²) in [5.74, 6) is 0. The van der Waals surface area contributed by atoms with Gasteiger partial charge in [0.1, 0.15) is 0 Å². The molecule has 118 valence electrons. The predicted molar refractivity (Wildman–Crippen MR) is 96.4 cm³/mol. The SMILES string of the molecule is CCc1ccc(C)[n+](Cc2ccc(-c3ccccc3C#N)cc2)c1. The number of nitriles is 1. The summed E-state index contributed by atoms with van der Waals surface area (Å²) >= 11 is 0. The zero-order chi connectivity index (χ0) is 16.9. The quantitative estimate of drug-likeness (QED) is 0.655. The van der Waals surface area contributed by atoms with Gasteiger partial charge in [-0.2, -0.15) is 9.83 Å². The Morgan fingerprint density at radius 1 is 0.917 bits per heavy atom. The van der Waals surface area contributed by atoms with E-state index in [1.807, 2.05) is 24.3 Å². The molecule has 0 bridgehead atoms. The second kappa shape index (κ2) is 7.10. The third kappa shape index (κ3) is 3.36. The summed E-state index contributed by atoms with van der Waals surface area (Å²) in [7, 11) is 0. The van der Waals surface area contributed by atoms with Crippen LogP contribution in [0.4, 0.5) is 0 Å². The fourth-order valence-electron chi connectivity index (χ4n) is 2.87. The van der Waals surface area contributed by atoms with E-state index in [2.05, 4.69) is 67.1 Å². The molecule has 0 saturated carbocycles. The highest BCUT2D eigenvalue weighted by atomic mass is 14.9. The molecule has 0 saturated heterocycles. The molecular weight excluding hydrogens is 292 g/mol. The molecule has 1 aromatic heterocycles. The number of hydrogen-bond donors (Lipinski definition) is 0. The van der Waals surface area contributed by atoms with Gasteiger partial charge in [0.25, 0.3) is 0 Å². The highest BCUT2D eigenvalue weighted by Gasteiger charge is 2.09. The Balaban J connectivity index is 1.87. The van der Waals surface area contributed by atoms with E-state index in [4.69, 9.17) is 0 Å². The van der Waals surface area contributed by atoms with Crippen LogP contribution in [0.5, 0.6) is 0 Å². The van der Waals surface area contributed by atoms with Crippen LogP contribution in [-0.2, 0) is 13.0 Å². The van der Waals surface area contributed by atoms with E-state index in [0.717, 1.165) is 24.1 Å². The Bertz CT molecular complexity index is 887. The van der Waals surface area contributed by atoms with Crippen LogP contribution in [0, 0.1) is 18.3 Å². The smallest absolute Gasteiger partial charge is 0.178 e. The molecule has 1 heterocycles. The van der Waals surface area contributed by atoms with Gasteiger partial charge in [0, 0.05) is 24.1 Å². The fraction of sp³-hybridized carbons (Fsp3) is 0.182. The number of rotatable bonds is 4. The maximum absolute atomic E-state index is 9.26. The standard InChI is InChI=1S/C22H21N2/c1-3-18-9-8-17(2)24(15-18)16-19-10-12-20(13-11-19)22-7-5-4-6-21(22)14-23/h4-13,15H,3,16H2,1-2H3/q+1. The maximum Gasteiger partial charge on any atom is 0.178 e. The molecular formula is C22H21N2+. The first-order valence-electron chi connectivity index (χ1n) is 8.28. The Labute approximate surface area is 143 Å². The summed E-state index contributed by atoms with van der Waals surface area (Å²) in [5.41, 5.74) is 6.65. The van der Waals surface area contributed by atoms with E-state index in [1.54, 1.807) is 0 Å². The van der Waals surface area contributed by atoms with Gasteiger partial charge in [-0.05, 0) is 29.7 Å². The predicted octanol–water partition coefficient (Wildman–Crippen LogP) is 4.43. The Morgan fingerprint density at radius 2 is 1.62 bits per heavy atom. The second-order valence-corrected chi connectivity index (χ2v) is 6.01. The highest BCUT2D eigenvalue weighted by molar-refractivity contribution is 5.70. The molecule has 0 unspecified atom stereocenters. The van der Waals surface area contributed by atoms with Gasteiger partial charge in [0.05, 0.1) is 11.6 Å². The van der Waals surface area contributed by atoms with Crippen molar-refractivity contribution < 1.29 is 4.57 Å². The number of nitrogens with zero attached hydrogens (tertiary/aromatic N) is 2. The lowest BCUT2D eigenvalue weighted by molar-refractivity contribution is -0.694. The van der Waals surface area contributed by atoms with Crippen molar-refractivity contribution in [3.63, 3.8) is 0 Å². The zero-order valence-corrected chi connectivity index (χ0v) is 14.2. The van der Waals surface area contributed by atoms with Gasteiger partial charge in [-0.15, -0.1) is 0 Å². The van der Waals surface area contributed by atoms with Gasteiger partial charge < -0.3 is 0 Å².